The highest BCUT2D eigenvalue weighted by Crippen LogP contribution is 2.36. The van der Waals surface area contributed by atoms with E-state index in [4.69, 9.17) is 4.74 Å². The number of methoxy groups -OCH3 is 1. The van der Waals surface area contributed by atoms with Gasteiger partial charge in [0, 0.05) is 11.5 Å². The average molecular weight is 254 g/mol. The molecule has 0 aliphatic rings. The molecule has 0 heterocycles. The smallest absolute Gasteiger partial charge is 0.124 e. The van der Waals surface area contributed by atoms with Crippen molar-refractivity contribution in [2.45, 2.75) is 12.0 Å². The molecule has 0 aliphatic heterocycles. The first-order chi connectivity index (χ1) is 9.27. The van der Waals surface area contributed by atoms with Gasteiger partial charge in [-0.1, -0.05) is 54.6 Å². The summed E-state index contributed by atoms with van der Waals surface area (Å²) in [5, 5.41) is 10.6. The van der Waals surface area contributed by atoms with Gasteiger partial charge >= 0.3 is 0 Å². The molecule has 0 radical (unpaired) electrons. The van der Waals surface area contributed by atoms with E-state index in [1.807, 2.05) is 54.6 Å². The highest BCUT2D eigenvalue weighted by atomic mass is 16.5. The number of rotatable bonds is 5. The van der Waals surface area contributed by atoms with Crippen molar-refractivity contribution < 1.29 is 9.84 Å². The maximum absolute atomic E-state index is 10.6. The summed E-state index contributed by atoms with van der Waals surface area (Å²) in [5.41, 5.74) is 1.81. The van der Waals surface area contributed by atoms with Crippen LogP contribution in [0.4, 0.5) is 0 Å². The maximum atomic E-state index is 10.6. The predicted molar refractivity (Wildman–Crippen MR) is 77.3 cm³/mol. The first kappa shape index (κ1) is 13.4. The van der Waals surface area contributed by atoms with Crippen molar-refractivity contribution in [3.05, 3.63) is 78.4 Å². The van der Waals surface area contributed by atoms with E-state index < -0.39 is 6.10 Å². The minimum absolute atomic E-state index is 0.155. The summed E-state index contributed by atoms with van der Waals surface area (Å²) in [6, 6.07) is 17.4. The zero-order valence-electron chi connectivity index (χ0n) is 11.0. The summed E-state index contributed by atoms with van der Waals surface area (Å²) in [7, 11) is 1.61. The van der Waals surface area contributed by atoms with Crippen molar-refractivity contribution in [2.75, 3.05) is 7.11 Å². The van der Waals surface area contributed by atoms with Gasteiger partial charge in [0.25, 0.3) is 0 Å². The summed E-state index contributed by atoms with van der Waals surface area (Å²) < 4.78 is 5.30. The minimum atomic E-state index is -0.670. The third-order valence-corrected chi connectivity index (χ3v) is 3.24. The third-order valence-electron chi connectivity index (χ3n) is 3.24. The predicted octanol–water partition coefficient (Wildman–Crippen LogP) is 3.70. The Kier molecular flexibility index (Phi) is 4.37. The van der Waals surface area contributed by atoms with Gasteiger partial charge in [-0.25, -0.2) is 0 Å². The summed E-state index contributed by atoms with van der Waals surface area (Å²) >= 11 is 0. The summed E-state index contributed by atoms with van der Waals surface area (Å²) in [6.45, 7) is 3.84. The lowest BCUT2D eigenvalue weighted by atomic mass is 9.89. The Bertz CT molecular complexity index is 534. The Balaban J connectivity index is 2.36. The lowest BCUT2D eigenvalue weighted by Crippen LogP contribution is -2.10. The molecule has 2 atom stereocenters. The lowest BCUT2D eigenvalue weighted by Gasteiger charge is -2.22. The Morgan fingerprint density at radius 1 is 1.05 bits per heavy atom. The topological polar surface area (TPSA) is 29.5 Å². The first-order valence-electron chi connectivity index (χ1n) is 6.26. The van der Waals surface area contributed by atoms with Crippen LogP contribution in [0.3, 0.4) is 0 Å². The second-order valence-corrected chi connectivity index (χ2v) is 4.36. The molecule has 0 amide bonds. The minimum Gasteiger partial charge on any atom is -0.496 e. The molecule has 98 valence electrons. The van der Waals surface area contributed by atoms with Gasteiger partial charge in [-0.15, -0.1) is 6.58 Å². The van der Waals surface area contributed by atoms with E-state index in [0.29, 0.717) is 5.75 Å². The van der Waals surface area contributed by atoms with Crippen LogP contribution in [0.15, 0.2) is 67.3 Å². The number of hydrogen-bond donors (Lipinski definition) is 1. The first-order valence-corrected chi connectivity index (χ1v) is 6.26. The van der Waals surface area contributed by atoms with Gasteiger partial charge in [0.15, 0.2) is 0 Å². The number of ether oxygens (including phenoxy) is 1. The molecular formula is C17H18O2. The molecule has 1 N–H and O–H groups in total. The lowest BCUT2D eigenvalue weighted by molar-refractivity contribution is 0.158. The second-order valence-electron chi connectivity index (χ2n) is 4.36. The molecular weight excluding hydrogens is 236 g/mol. The molecule has 0 saturated carbocycles. The molecule has 2 heteroatoms. The van der Waals surface area contributed by atoms with Crippen molar-refractivity contribution in [3.63, 3.8) is 0 Å². The molecule has 0 spiro atoms. The van der Waals surface area contributed by atoms with E-state index in [1.54, 1.807) is 13.2 Å². The zero-order valence-corrected chi connectivity index (χ0v) is 11.0. The fourth-order valence-electron chi connectivity index (χ4n) is 2.23. The Labute approximate surface area is 114 Å². The van der Waals surface area contributed by atoms with Crippen molar-refractivity contribution in [1.29, 1.82) is 0 Å². The highest BCUT2D eigenvalue weighted by Gasteiger charge is 2.22. The third kappa shape index (κ3) is 2.85. The molecule has 2 aromatic carbocycles. The number of para-hydroxylation sites is 1. The van der Waals surface area contributed by atoms with E-state index in [9.17, 15) is 5.11 Å². The van der Waals surface area contributed by atoms with Crippen LogP contribution < -0.4 is 4.74 Å². The van der Waals surface area contributed by atoms with Crippen LogP contribution in [0, 0.1) is 0 Å². The number of aliphatic hydroxyl groups is 1. The fraction of sp³-hybridized carbons (Fsp3) is 0.176. The standard InChI is InChI=1S/C17H18O2/c1-3-14(13-9-5-4-6-10-13)17(18)15-11-7-8-12-16(15)19-2/h3-12,14,17-18H,1H2,2H3. The molecule has 2 unspecified atom stereocenters. The molecule has 0 saturated heterocycles. The normalized spacial score (nSPS) is 13.6. The van der Waals surface area contributed by atoms with Gasteiger partial charge in [-0.2, -0.15) is 0 Å². The van der Waals surface area contributed by atoms with E-state index in [-0.39, 0.29) is 5.92 Å². The molecule has 2 nitrogen and oxygen atoms in total. The highest BCUT2D eigenvalue weighted by molar-refractivity contribution is 5.38. The van der Waals surface area contributed by atoms with Crippen LogP contribution in [0.25, 0.3) is 0 Å². The Morgan fingerprint density at radius 2 is 1.68 bits per heavy atom. The maximum Gasteiger partial charge on any atom is 0.124 e. The molecule has 2 aromatic rings. The van der Waals surface area contributed by atoms with Crippen LogP contribution in [0.2, 0.25) is 0 Å². The monoisotopic (exact) mass is 254 g/mol. The molecule has 0 fully saturated rings. The van der Waals surface area contributed by atoms with E-state index in [1.165, 1.54) is 0 Å². The van der Waals surface area contributed by atoms with Gasteiger partial charge in [-0.05, 0) is 11.6 Å². The Hall–Kier alpha value is -2.06. The van der Waals surface area contributed by atoms with Crippen LogP contribution in [0.1, 0.15) is 23.1 Å². The molecule has 2 rings (SSSR count). The van der Waals surface area contributed by atoms with Crippen LogP contribution in [-0.4, -0.2) is 12.2 Å². The van der Waals surface area contributed by atoms with Crippen LogP contribution in [0.5, 0.6) is 5.75 Å². The number of hydrogen-bond acceptors (Lipinski definition) is 2. The van der Waals surface area contributed by atoms with E-state index in [0.717, 1.165) is 11.1 Å². The molecule has 0 aromatic heterocycles. The van der Waals surface area contributed by atoms with Gasteiger partial charge < -0.3 is 9.84 Å². The SMILES string of the molecule is C=CC(c1ccccc1)C(O)c1ccccc1OC. The Morgan fingerprint density at radius 3 is 2.32 bits per heavy atom. The van der Waals surface area contributed by atoms with Gasteiger partial charge in [0.2, 0.25) is 0 Å². The largest absolute Gasteiger partial charge is 0.496 e. The van der Waals surface area contributed by atoms with E-state index >= 15 is 0 Å². The zero-order chi connectivity index (χ0) is 13.7. The van der Waals surface area contributed by atoms with Crippen molar-refractivity contribution in [2.24, 2.45) is 0 Å². The number of aliphatic hydroxyl groups excluding tert-OH is 1. The van der Waals surface area contributed by atoms with Crippen LogP contribution in [-0.2, 0) is 0 Å². The van der Waals surface area contributed by atoms with Crippen molar-refractivity contribution >= 4 is 0 Å². The van der Waals surface area contributed by atoms with Gasteiger partial charge in [-0.3, -0.25) is 0 Å². The summed E-state index contributed by atoms with van der Waals surface area (Å²) in [4.78, 5) is 0. The van der Waals surface area contributed by atoms with Crippen molar-refractivity contribution in [3.8, 4) is 5.75 Å². The van der Waals surface area contributed by atoms with Gasteiger partial charge in [0.1, 0.15) is 5.75 Å². The summed E-state index contributed by atoms with van der Waals surface area (Å²) in [5.74, 6) is 0.537. The quantitative estimate of drug-likeness (QED) is 0.824. The molecule has 0 bridgehead atoms. The molecule has 0 aliphatic carbocycles. The average Bonchev–Trinajstić information content (AvgIpc) is 2.49. The van der Waals surface area contributed by atoms with Crippen LogP contribution >= 0.6 is 0 Å². The number of benzene rings is 2. The van der Waals surface area contributed by atoms with Crippen molar-refractivity contribution in [1.82, 2.24) is 0 Å². The van der Waals surface area contributed by atoms with Gasteiger partial charge in [0.05, 0.1) is 13.2 Å². The van der Waals surface area contributed by atoms with E-state index in [2.05, 4.69) is 6.58 Å². The fourth-order valence-corrected chi connectivity index (χ4v) is 2.23. The second kappa shape index (κ2) is 6.21. The molecule has 19 heavy (non-hydrogen) atoms. The summed E-state index contributed by atoms with van der Waals surface area (Å²) in [6.07, 6.45) is 1.10.